The molecule has 0 radical (unpaired) electrons. The van der Waals surface area contributed by atoms with Crippen LogP contribution in [0.3, 0.4) is 0 Å². The van der Waals surface area contributed by atoms with Crippen molar-refractivity contribution in [2.75, 3.05) is 37.9 Å². The van der Waals surface area contributed by atoms with Gasteiger partial charge in [0.05, 0.1) is 35.0 Å². The van der Waals surface area contributed by atoms with Gasteiger partial charge in [0.1, 0.15) is 5.75 Å². The molecule has 1 aliphatic rings. The topological polar surface area (TPSA) is 140 Å². The third-order valence-corrected chi connectivity index (χ3v) is 6.58. The van der Waals surface area contributed by atoms with Crippen molar-refractivity contribution in [3.8, 4) is 5.75 Å². The van der Waals surface area contributed by atoms with E-state index in [0.717, 1.165) is 11.8 Å². The molecule has 2 aromatic rings. The normalized spacial score (nSPS) is 13.6. The van der Waals surface area contributed by atoms with Gasteiger partial charge < -0.3 is 25.0 Å². The number of hydrogen-bond acceptors (Lipinski definition) is 8. The number of carbonyl (C=O) groups excluding carboxylic acids is 3. The zero-order valence-electron chi connectivity index (χ0n) is 20.0. The lowest BCUT2D eigenvalue weighted by atomic mass is 10.1. The molecule has 1 heterocycles. The van der Waals surface area contributed by atoms with Crippen LogP contribution in [0.5, 0.6) is 5.75 Å². The fourth-order valence-electron chi connectivity index (χ4n) is 3.70. The summed E-state index contributed by atoms with van der Waals surface area (Å²) < 4.78 is 10.2. The molecule has 2 N–H and O–H groups in total. The van der Waals surface area contributed by atoms with Crippen LogP contribution < -0.4 is 15.4 Å². The summed E-state index contributed by atoms with van der Waals surface area (Å²) in [5.74, 6) is -0.343. The number of nitro groups is 1. The van der Waals surface area contributed by atoms with E-state index < -0.39 is 10.8 Å². The van der Waals surface area contributed by atoms with E-state index in [9.17, 15) is 24.5 Å². The second-order valence-electron chi connectivity index (χ2n) is 7.91. The Morgan fingerprint density at radius 1 is 1.17 bits per heavy atom. The highest BCUT2D eigenvalue weighted by Gasteiger charge is 2.25. The van der Waals surface area contributed by atoms with Gasteiger partial charge in [0, 0.05) is 30.8 Å². The fraction of sp³-hybridized carbons (Fsp3) is 0.375. The molecule has 1 saturated heterocycles. The minimum Gasteiger partial charge on any atom is -0.495 e. The number of thioether (sulfide) groups is 1. The van der Waals surface area contributed by atoms with Crippen molar-refractivity contribution in [2.45, 2.75) is 30.7 Å². The maximum absolute atomic E-state index is 12.7. The molecule has 1 fully saturated rings. The molecule has 0 atom stereocenters. The van der Waals surface area contributed by atoms with Crippen molar-refractivity contribution in [1.29, 1.82) is 0 Å². The third-order valence-electron chi connectivity index (χ3n) is 5.52. The molecular formula is C24H28N4O7S. The molecule has 1 aliphatic heterocycles. The van der Waals surface area contributed by atoms with Gasteiger partial charge in [-0.1, -0.05) is 12.1 Å². The number of amides is 3. The monoisotopic (exact) mass is 516 g/mol. The molecule has 36 heavy (non-hydrogen) atoms. The van der Waals surface area contributed by atoms with Crippen LogP contribution in [-0.2, 0) is 9.53 Å². The Hall–Kier alpha value is -3.80. The van der Waals surface area contributed by atoms with Crippen LogP contribution in [0, 0.1) is 10.1 Å². The molecule has 0 unspecified atom stereocenters. The Morgan fingerprint density at radius 2 is 1.89 bits per heavy atom. The Bertz CT molecular complexity index is 1120. The highest BCUT2D eigenvalue weighted by molar-refractivity contribution is 8.00. The second-order valence-corrected chi connectivity index (χ2v) is 8.93. The number of carbonyl (C=O) groups is 3. The summed E-state index contributed by atoms with van der Waals surface area (Å²) in [4.78, 5) is 49.8. The minimum absolute atomic E-state index is 0.0221. The Kier molecular flexibility index (Phi) is 9.51. The predicted octanol–water partition coefficient (Wildman–Crippen LogP) is 3.68. The van der Waals surface area contributed by atoms with Crippen LogP contribution in [0.15, 0.2) is 47.4 Å². The smallest absolute Gasteiger partial charge is 0.409 e. The van der Waals surface area contributed by atoms with E-state index in [-0.39, 0.29) is 39.9 Å². The summed E-state index contributed by atoms with van der Waals surface area (Å²) in [5, 5.41) is 17.2. The van der Waals surface area contributed by atoms with Crippen LogP contribution in [0.2, 0.25) is 0 Å². The van der Waals surface area contributed by atoms with E-state index in [4.69, 9.17) is 9.47 Å². The summed E-state index contributed by atoms with van der Waals surface area (Å²) in [6, 6.07) is 10.9. The lowest BCUT2D eigenvalue weighted by molar-refractivity contribution is -0.387. The zero-order chi connectivity index (χ0) is 26.1. The highest BCUT2D eigenvalue weighted by atomic mass is 32.2. The quantitative estimate of drug-likeness (QED) is 0.292. The lowest BCUT2D eigenvalue weighted by Gasteiger charge is -2.31. The number of anilines is 1. The van der Waals surface area contributed by atoms with Gasteiger partial charge in [-0.05, 0) is 44.0 Å². The molecule has 192 valence electrons. The first-order chi connectivity index (χ1) is 17.3. The number of para-hydroxylation sites is 2. The Balaban J connectivity index is 1.57. The third kappa shape index (κ3) is 7.11. The summed E-state index contributed by atoms with van der Waals surface area (Å²) in [6.45, 7) is 3.03. The van der Waals surface area contributed by atoms with Crippen molar-refractivity contribution < 1.29 is 28.8 Å². The molecule has 0 bridgehead atoms. The molecule has 0 aromatic heterocycles. The van der Waals surface area contributed by atoms with E-state index in [0.29, 0.717) is 44.0 Å². The number of ether oxygens (including phenoxy) is 2. The first-order valence-corrected chi connectivity index (χ1v) is 12.4. The number of nitro benzene ring substituents is 1. The minimum atomic E-state index is -0.578. The second kappa shape index (κ2) is 12.8. The van der Waals surface area contributed by atoms with Crippen molar-refractivity contribution in [1.82, 2.24) is 10.2 Å². The van der Waals surface area contributed by atoms with Gasteiger partial charge >= 0.3 is 6.09 Å². The zero-order valence-corrected chi connectivity index (χ0v) is 20.8. The van der Waals surface area contributed by atoms with Crippen LogP contribution in [0.4, 0.5) is 16.2 Å². The van der Waals surface area contributed by atoms with Gasteiger partial charge in [0.2, 0.25) is 5.91 Å². The van der Waals surface area contributed by atoms with Crippen LogP contribution in [0.25, 0.3) is 0 Å². The molecule has 0 saturated carbocycles. The van der Waals surface area contributed by atoms with Gasteiger partial charge in [-0.2, -0.15) is 0 Å². The fourth-order valence-corrected chi connectivity index (χ4v) is 4.52. The summed E-state index contributed by atoms with van der Waals surface area (Å²) in [5.41, 5.74) is 0.286. The van der Waals surface area contributed by atoms with Crippen molar-refractivity contribution >= 4 is 41.0 Å². The van der Waals surface area contributed by atoms with E-state index in [1.54, 1.807) is 36.1 Å². The van der Waals surface area contributed by atoms with Crippen LogP contribution >= 0.6 is 11.8 Å². The predicted molar refractivity (Wildman–Crippen MR) is 135 cm³/mol. The van der Waals surface area contributed by atoms with Gasteiger partial charge in [-0.3, -0.25) is 19.7 Å². The molecule has 0 spiro atoms. The molecule has 3 amide bonds. The van der Waals surface area contributed by atoms with Crippen LogP contribution in [-0.4, -0.2) is 66.3 Å². The van der Waals surface area contributed by atoms with Crippen molar-refractivity contribution in [3.05, 3.63) is 58.1 Å². The largest absolute Gasteiger partial charge is 0.495 e. The number of benzene rings is 2. The van der Waals surface area contributed by atoms with E-state index in [1.165, 1.54) is 25.3 Å². The van der Waals surface area contributed by atoms with E-state index >= 15 is 0 Å². The maximum Gasteiger partial charge on any atom is 0.409 e. The number of methoxy groups -OCH3 is 1. The maximum atomic E-state index is 12.7. The van der Waals surface area contributed by atoms with Gasteiger partial charge in [0.15, 0.2) is 0 Å². The first-order valence-electron chi connectivity index (χ1n) is 11.4. The average molecular weight is 517 g/mol. The Morgan fingerprint density at radius 3 is 2.56 bits per heavy atom. The van der Waals surface area contributed by atoms with Gasteiger partial charge in [0.25, 0.3) is 11.6 Å². The molecule has 11 nitrogen and oxygen atoms in total. The molecule has 2 aromatic carbocycles. The van der Waals surface area contributed by atoms with Gasteiger partial charge in [-0.15, -0.1) is 11.8 Å². The van der Waals surface area contributed by atoms with E-state index in [2.05, 4.69) is 10.6 Å². The number of piperidine rings is 1. The number of nitrogens with zero attached hydrogens (tertiary/aromatic N) is 2. The van der Waals surface area contributed by atoms with Crippen molar-refractivity contribution in [2.24, 2.45) is 0 Å². The summed E-state index contributed by atoms with van der Waals surface area (Å²) in [7, 11) is 1.48. The standard InChI is InChI=1S/C24H28N4O7S/c1-3-35-24(31)27-12-10-17(11-13-27)25-22(29)15-36-21-9-8-16(14-19(21)28(32)33)23(30)26-18-6-4-5-7-20(18)34-2/h4-9,14,17H,3,10-13,15H2,1-2H3,(H,25,29)(H,26,30). The van der Waals surface area contributed by atoms with E-state index in [1.807, 2.05) is 0 Å². The SMILES string of the molecule is CCOC(=O)N1CCC(NC(=O)CSc2ccc(C(=O)Nc3ccccc3OC)cc2[N+](=O)[O-])CC1. The van der Waals surface area contributed by atoms with Crippen LogP contribution in [0.1, 0.15) is 30.1 Å². The molecule has 0 aliphatic carbocycles. The first kappa shape index (κ1) is 26.8. The lowest BCUT2D eigenvalue weighted by Crippen LogP contribution is -2.47. The number of nitrogens with one attached hydrogen (secondary N) is 2. The number of hydrogen-bond donors (Lipinski definition) is 2. The average Bonchev–Trinajstić information content (AvgIpc) is 2.88. The molecule has 3 rings (SSSR count). The van der Waals surface area contributed by atoms with Crippen molar-refractivity contribution in [3.63, 3.8) is 0 Å². The molecular weight excluding hydrogens is 488 g/mol. The highest BCUT2D eigenvalue weighted by Crippen LogP contribution is 2.31. The summed E-state index contributed by atoms with van der Waals surface area (Å²) in [6.07, 6.45) is 0.849. The Labute approximate surface area is 212 Å². The number of rotatable bonds is 9. The number of likely N-dealkylation sites (tertiary alicyclic amines) is 1. The summed E-state index contributed by atoms with van der Waals surface area (Å²) >= 11 is 1.02. The van der Waals surface area contributed by atoms with Gasteiger partial charge in [-0.25, -0.2) is 4.79 Å². The molecule has 12 heteroatoms.